The molecule has 0 aromatic heterocycles. The summed E-state index contributed by atoms with van der Waals surface area (Å²) in [6.07, 6.45) is 0. The minimum absolute atomic E-state index is 0.225. The van der Waals surface area contributed by atoms with E-state index in [9.17, 15) is 9.59 Å². The minimum atomic E-state index is -0.394. The van der Waals surface area contributed by atoms with Gasteiger partial charge in [-0.3, -0.25) is 9.59 Å². The Morgan fingerprint density at radius 2 is 1.21 bits per heavy atom. The second kappa shape index (κ2) is 10.8. The van der Waals surface area contributed by atoms with Crippen LogP contribution in [0.4, 0.5) is 5.69 Å². The number of hydrazone groups is 1. The van der Waals surface area contributed by atoms with Crippen molar-refractivity contribution < 1.29 is 23.8 Å². The van der Waals surface area contributed by atoms with Gasteiger partial charge in [0.25, 0.3) is 11.8 Å². The lowest BCUT2D eigenvalue weighted by Gasteiger charge is -2.09. The van der Waals surface area contributed by atoms with Gasteiger partial charge in [0.05, 0.1) is 27.0 Å². The van der Waals surface area contributed by atoms with E-state index in [4.69, 9.17) is 14.2 Å². The largest absolute Gasteiger partial charge is 0.497 e. The number of nitrogens with zero attached hydrogens (tertiary/aromatic N) is 1. The van der Waals surface area contributed by atoms with E-state index >= 15 is 0 Å². The molecule has 2 amide bonds. The van der Waals surface area contributed by atoms with Crippen molar-refractivity contribution in [2.45, 2.75) is 6.92 Å². The van der Waals surface area contributed by atoms with Gasteiger partial charge >= 0.3 is 0 Å². The molecule has 3 aromatic carbocycles. The first-order chi connectivity index (χ1) is 15.9. The molecule has 2 N–H and O–H groups in total. The van der Waals surface area contributed by atoms with Crippen LogP contribution in [-0.2, 0) is 0 Å². The van der Waals surface area contributed by atoms with Gasteiger partial charge in [-0.1, -0.05) is 12.1 Å². The van der Waals surface area contributed by atoms with Crippen LogP contribution in [0.2, 0.25) is 0 Å². The molecule has 0 atom stereocenters. The van der Waals surface area contributed by atoms with Crippen LogP contribution in [0.3, 0.4) is 0 Å². The van der Waals surface area contributed by atoms with Crippen molar-refractivity contribution >= 4 is 23.2 Å². The van der Waals surface area contributed by atoms with Crippen molar-refractivity contribution in [2.75, 3.05) is 26.6 Å². The number of nitrogens with one attached hydrogen (secondary N) is 2. The molecule has 0 aliphatic rings. The molecule has 0 radical (unpaired) electrons. The zero-order valence-electron chi connectivity index (χ0n) is 18.8. The number of rotatable bonds is 8. The highest BCUT2D eigenvalue weighted by molar-refractivity contribution is 6.05. The third kappa shape index (κ3) is 6.10. The minimum Gasteiger partial charge on any atom is -0.497 e. The summed E-state index contributed by atoms with van der Waals surface area (Å²) in [5.74, 6) is 1.08. The van der Waals surface area contributed by atoms with Crippen LogP contribution in [0.15, 0.2) is 71.8 Å². The molecular formula is C25H25N3O5. The van der Waals surface area contributed by atoms with Crippen LogP contribution >= 0.6 is 0 Å². The van der Waals surface area contributed by atoms with Crippen LogP contribution in [0.5, 0.6) is 17.2 Å². The Kier molecular flexibility index (Phi) is 7.64. The molecular weight excluding hydrogens is 422 g/mol. The summed E-state index contributed by atoms with van der Waals surface area (Å²) in [6, 6.07) is 18.9. The Hall–Kier alpha value is -4.33. The maximum absolute atomic E-state index is 12.5. The Morgan fingerprint density at radius 1 is 0.667 bits per heavy atom. The lowest BCUT2D eigenvalue weighted by Crippen LogP contribution is -2.19. The summed E-state index contributed by atoms with van der Waals surface area (Å²) in [6.45, 7) is 1.78. The lowest BCUT2D eigenvalue weighted by molar-refractivity contribution is 0.0953. The summed E-state index contributed by atoms with van der Waals surface area (Å²) in [5.41, 5.74) is 5.45. The van der Waals surface area contributed by atoms with Crippen LogP contribution in [0.1, 0.15) is 33.2 Å². The summed E-state index contributed by atoms with van der Waals surface area (Å²) in [5, 5.41) is 7.01. The van der Waals surface area contributed by atoms with Gasteiger partial charge in [0, 0.05) is 22.9 Å². The molecule has 0 unspecified atom stereocenters. The Labute approximate surface area is 192 Å². The van der Waals surface area contributed by atoms with Gasteiger partial charge in [-0.2, -0.15) is 5.10 Å². The number of hydrogen-bond donors (Lipinski definition) is 2. The van der Waals surface area contributed by atoms with Gasteiger partial charge in [-0.05, 0) is 61.0 Å². The fourth-order valence-electron chi connectivity index (χ4n) is 2.94. The van der Waals surface area contributed by atoms with Gasteiger partial charge in [0.15, 0.2) is 0 Å². The predicted molar refractivity (Wildman–Crippen MR) is 127 cm³/mol. The molecule has 0 aliphatic carbocycles. The molecule has 0 fully saturated rings. The molecule has 3 rings (SSSR count). The quantitative estimate of drug-likeness (QED) is 0.400. The molecule has 0 spiro atoms. The monoisotopic (exact) mass is 447 g/mol. The van der Waals surface area contributed by atoms with Gasteiger partial charge in [0.2, 0.25) is 0 Å². The second-order valence-electron chi connectivity index (χ2n) is 7.00. The number of hydrogen-bond acceptors (Lipinski definition) is 6. The third-order valence-electron chi connectivity index (χ3n) is 4.85. The number of carbonyl (C=O) groups excluding carboxylic acids is 2. The van der Waals surface area contributed by atoms with E-state index in [-0.39, 0.29) is 5.91 Å². The molecule has 0 bridgehead atoms. The molecule has 8 heteroatoms. The zero-order chi connectivity index (χ0) is 23.8. The van der Waals surface area contributed by atoms with E-state index in [0.29, 0.717) is 39.8 Å². The number of methoxy groups -OCH3 is 3. The highest BCUT2D eigenvalue weighted by Crippen LogP contribution is 2.22. The third-order valence-corrected chi connectivity index (χ3v) is 4.85. The SMILES string of the molecule is COc1ccc(C(=O)Nc2ccc(C(C)=NNC(=O)c3cc(OC)cc(OC)c3)cc2)cc1. The molecule has 0 heterocycles. The van der Waals surface area contributed by atoms with Crippen LogP contribution in [-0.4, -0.2) is 38.9 Å². The van der Waals surface area contributed by atoms with Crippen LogP contribution < -0.4 is 25.0 Å². The topological polar surface area (TPSA) is 98.2 Å². The van der Waals surface area contributed by atoms with E-state index < -0.39 is 5.91 Å². The van der Waals surface area contributed by atoms with Gasteiger partial charge in [0.1, 0.15) is 17.2 Å². The fraction of sp³-hybridized carbons (Fsp3) is 0.160. The molecule has 0 saturated carbocycles. The van der Waals surface area contributed by atoms with E-state index in [1.54, 1.807) is 68.6 Å². The first kappa shape index (κ1) is 23.3. The number of amides is 2. The molecule has 8 nitrogen and oxygen atoms in total. The number of carbonyl (C=O) groups is 2. The standard InChI is InChI=1S/C25H25N3O5/c1-16(27-28-25(30)19-13-22(32-3)15-23(14-19)33-4)17-5-9-20(10-6-17)26-24(29)18-7-11-21(31-2)12-8-18/h5-15H,1-4H3,(H,26,29)(H,28,30). The lowest BCUT2D eigenvalue weighted by atomic mass is 10.1. The number of ether oxygens (including phenoxy) is 3. The highest BCUT2D eigenvalue weighted by Gasteiger charge is 2.10. The van der Waals surface area contributed by atoms with E-state index in [2.05, 4.69) is 15.8 Å². The molecule has 33 heavy (non-hydrogen) atoms. The molecule has 170 valence electrons. The highest BCUT2D eigenvalue weighted by atomic mass is 16.5. The first-order valence-corrected chi connectivity index (χ1v) is 10.1. The van der Waals surface area contributed by atoms with Crippen molar-refractivity contribution in [1.82, 2.24) is 5.43 Å². The summed E-state index contributed by atoms with van der Waals surface area (Å²) in [7, 11) is 4.60. The van der Waals surface area contributed by atoms with Crippen molar-refractivity contribution in [3.05, 3.63) is 83.4 Å². The van der Waals surface area contributed by atoms with Crippen LogP contribution in [0.25, 0.3) is 0 Å². The Balaban J connectivity index is 1.64. The Morgan fingerprint density at radius 3 is 1.76 bits per heavy atom. The normalized spacial score (nSPS) is 10.8. The number of anilines is 1. The average molecular weight is 447 g/mol. The van der Waals surface area contributed by atoms with Crippen molar-refractivity contribution in [3.63, 3.8) is 0 Å². The van der Waals surface area contributed by atoms with Crippen molar-refractivity contribution in [2.24, 2.45) is 5.10 Å². The van der Waals surface area contributed by atoms with Gasteiger partial charge in [-0.25, -0.2) is 5.43 Å². The van der Waals surface area contributed by atoms with E-state index in [1.165, 1.54) is 14.2 Å². The molecule has 3 aromatic rings. The summed E-state index contributed by atoms with van der Waals surface area (Å²) >= 11 is 0. The smallest absolute Gasteiger partial charge is 0.271 e. The van der Waals surface area contributed by atoms with Crippen molar-refractivity contribution in [3.8, 4) is 17.2 Å². The average Bonchev–Trinajstić information content (AvgIpc) is 2.87. The molecule has 0 saturated heterocycles. The Bertz CT molecular complexity index is 1130. The van der Waals surface area contributed by atoms with E-state index in [1.807, 2.05) is 12.1 Å². The van der Waals surface area contributed by atoms with Gasteiger partial charge in [-0.15, -0.1) is 0 Å². The van der Waals surface area contributed by atoms with Gasteiger partial charge < -0.3 is 19.5 Å². The number of benzene rings is 3. The first-order valence-electron chi connectivity index (χ1n) is 10.1. The maximum Gasteiger partial charge on any atom is 0.271 e. The zero-order valence-corrected chi connectivity index (χ0v) is 18.8. The van der Waals surface area contributed by atoms with Crippen molar-refractivity contribution in [1.29, 1.82) is 0 Å². The van der Waals surface area contributed by atoms with Crippen LogP contribution in [0, 0.1) is 0 Å². The predicted octanol–water partition coefficient (Wildman–Crippen LogP) is 4.12. The molecule has 0 aliphatic heterocycles. The second-order valence-corrected chi connectivity index (χ2v) is 7.00. The maximum atomic E-state index is 12.5. The fourth-order valence-corrected chi connectivity index (χ4v) is 2.94. The summed E-state index contributed by atoms with van der Waals surface area (Å²) in [4.78, 5) is 24.9. The van der Waals surface area contributed by atoms with E-state index in [0.717, 1.165) is 5.56 Å². The summed E-state index contributed by atoms with van der Waals surface area (Å²) < 4.78 is 15.5.